The maximum absolute atomic E-state index is 13.8. The van der Waals surface area contributed by atoms with Gasteiger partial charge in [-0.3, -0.25) is 35.2 Å². The van der Waals surface area contributed by atoms with Crippen LogP contribution < -0.4 is 37.7 Å². The second-order valence-electron chi connectivity index (χ2n) is 23.1. The second kappa shape index (κ2) is 31.6. The molecule has 1 fully saturated rings. The van der Waals surface area contributed by atoms with Crippen LogP contribution in [-0.4, -0.2) is 146 Å². The number of benzene rings is 3. The molecule has 3 aromatic carbocycles. The molecule has 3 aliphatic heterocycles. The lowest BCUT2D eigenvalue weighted by atomic mass is 9.75. The van der Waals surface area contributed by atoms with Crippen molar-refractivity contribution in [2.45, 2.75) is 139 Å². The Kier molecular flexibility index (Phi) is 25.3. The first kappa shape index (κ1) is 68.2. The minimum absolute atomic E-state index is 0.0208. The molecule has 10 N–H and O–H groups in total. The number of nitrogens with two attached hydrogens (primary N) is 3. The number of rotatable bonds is 22. The van der Waals surface area contributed by atoms with Gasteiger partial charge >= 0.3 is 0 Å². The Balaban J connectivity index is 0.000000337. The average Bonchev–Trinajstić information content (AvgIpc) is 2.35. The number of likely N-dealkylation sites (N-methyl/N-ethyl adjacent to an activating group) is 1. The van der Waals surface area contributed by atoms with Gasteiger partial charge in [0.25, 0.3) is 0 Å². The fraction of sp³-hybridized carbons (Fsp3) is 0.516. The highest BCUT2D eigenvalue weighted by Crippen LogP contribution is 2.40. The number of carbonyl (C=O) groups is 5. The van der Waals surface area contributed by atoms with Crippen molar-refractivity contribution in [2.75, 3.05) is 70.4 Å². The fourth-order valence-electron chi connectivity index (χ4n) is 11.1. The molecule has 0 spiro atoms. The van der Waals surface area contributed by atoms with Crippen molar-refractivity contribution in [3.8, 4) is 5.75 Å². The van der Waals surface area contributed by atoms with Gasteiger partial charge < -0.3 is 65.2 Å². The van der Waals surface area contributed by atoms with Gasteiger partial charge in [-0.2, -0.15) is 0 Å². The molecule has 8 rings (SSSR count). The number of ether oxygens (including phenoxy) is 2. The van der Waals surface area contributed by atoms with Crippen molar-refractivity contribution in [3.05, 3.63) is 107 Å². The van der Waals surface area contributed by atoms with E-state index in [2.05, 4.69) is 56.2 Å². The molecule has 85 heavy (non-hydrogen) atoms. The number of aldehydes is 1. The average molecular weight is 1180 g/mol. The Morgan fingerprint density at radius 2 is 1.59 bits per heavy atom. The summed E-state index contributed by atoms with van der Waals surface area (Å²) >= 11 is 0. The number of aliphatic hydroxyl groups is 2. The summed E-state index contributed by atoms with van der Waals surface area (Å²) in [5.74, 6) is 6.22. The summed E-state index contributed by atoms with van der Waals surface area (Å²) in [5.41, 5.74) is 20.6. The molecular weight excluding hydrogens is 1080 g/mol. The number of allylic oxidation sites excluding steroid dienone is 2. The Labute approximate surface area is 500 Å². The third-order valence-corrected chi connectivity index (χ3v) is 14.7. The van der Waals surface area contributed by atoms with Gasteiger partial charge in [0.05, 0.1) is 55.3 Å². The van der Waals surface area contributed by atoms with E-state index in [0.29, 0.717) is 79.9 Å². The standard InChI is InChI=1S/C35H50N10O7.C24H32N4O.C2H6.CH4O/c1-4-5-6-11-45-31-27(38-34(45)37-23-47)19-26(32(36)49)20-28(31)51-18-7-10-42-12-8-25(9-13-42)33-40-39-29-22-43(14-15-44(29)33)30(48)21-35(2,50)52-24-41(3)16-17-46;1-23(2,3)15-24(4,5)22(29)28-14-16-10-6-7-11-17(16)21(27-26)20(25)18-12-8-9-13-19(18)28;2*1-2/h5-6,17,19-20,23,25,50H,4,7-16,18,21-22,24H2,1-3H3,(H2,36,49)(H,37,38,47);6-13,27H,14-15,25-26H2,1-5H3;1-2H3;2H,1H3/b6-5+;21-20-;;. The highest BCUT2D eigenvalue weighted by atomic mass is 16.6. The van der Waals surface area contributed by atoms with Gasteiger partial charge in [0.15, 0.2) is 11.6 Å². The predicted octanol–water partition coefficient (Wildman–Crippen LogP) is 6.33. The third-order valence-electron chi connectivity index (χ3n) is 14.7. The number of piperidine rings is 1. The summed E-state index contributed by atoms with van der Waals surface area (Å²) < 4.78 is 15.7. The molecule has 23 heteroatoms. The molecule has 0 bridgehead atoms. The van der Waals surface area contributed by atoms with Crippen LogP contribution in [0.1, 0.15) is 145 Å². The number of anilines is 2. The van der Waals surface area contributed by atoms with E-state index in [1.54, 1.807) is 29.0 Å². The van der Waals surface area contributed by atoms with E-state index in [1.165, 1.54) is 6.92 Å². The Morgan fingerprint density at radius 3 is 2.24 bits per heavy atom. The number of hydrogen-bond donors (Lipinski definition) is 7. The van der Waals surface area contributed by atoms with E-state index in [4.69, 9.17) is 31.9 Å². The lowest BCUT2D eigenvalue weighted by Gasteiger charge is -2.38. The van der Waals surface area contributed by atoms with Crippen LogP contribution in [0, 0.1) is 10.8 Å². The van der Waals surface area contributed by atoms with Crippen LogP contribution in [-0.2, 0) is 50.1 Å². The molecule has 3 aliphatic rings. The number of para-hydroxylation sites is 1. The summed E-state index contributed by atoms with van der Waals surface area (Å²) in [5, 5.41) is 29.2. The summed E-state index contributed by atoms with van der Waals surface area (Å²) in [6, 6.07) is 18.9. The van der Waals surface area contributed by atoms with Crippen LogP contribution in [0.5, 0.6) is 5.75 Å². The van der Waals surface area contributed by atoms with E-state index in [1.807, 2.05) is 105 Å². The number of primary amides is 1. The molecule has 4 amide bonds. The number of nitrogens with one attached hydrogen (secondary N) is 2. The maximum Gasteiger partial charge on any atom is 0.248 e. The molecule has 23 nitrogen and oxygen atoms in total. The maximum atomic E-state index is 13.8. The van der Waals surface area contributed by atoms with E-state index in [9.17, 15) is 29.1 Å². The minimum atomic E-state index is -1.66. The monoisotopic (exact) mass is 1180 g/mol. The van der Waals surface area contributed by atoms with E-state index >= 15 is 0 Å². The largest absolute Gasteiger partial charge is 0.491 e. The molecule has 1 saturated heterocycles. The summed E-state index contributed by atoms with van der Waals surface area (Å²) in [7, 11) is 2.69. The van der Waals surface area contributed by atoms with E-state index in [0.717, 1.165) is 99.2 Å². The molecule has 5 heterocycles. The molecule has 5 aromatic rings. The van der Waals surface area contributed by atoms with Crippen LogP contribution in [0.2, 0.25) is 0 Å². The molecule has 1 atom stereocenters. The number of hydrazine groups is 1. The van der Waals surface area contributed by atoms with Crippen LogP contribution in [0.4, 0.5) is 11.6 Å². The summed E-state index contributed by atoms with van der Waals surface area (Å²) in [4.78, 5) is 73.0. The van der Waals surface area contributed by atoms with Crippen LogP contribution in [0.25, 0.3) is 22.4 Å². The van der Waals surface area contributed by atoms with Gasteiger partial charge in [0.2, 0.25) is 30.1 Å². The van der Waals surface area contributed by atoms with Gasteiger partial charge in [-0.15, -0.1) is 10.2 Å². The smallest absolute Gasteiger partial charge is 0.248 e. The normalized spacial score (nSPS) is 16.2. The van der Waals surface area contributed by atoms with E-state index < -0.39 is 17.1 Å². The first-order valence-electron chi connectivity index (χ1n) is 29.2. The molecular formula is C62H92N14O9. The number of hydrogen-bond acceptors (Lipinski definition) is 17. The minimum Gasteiger partial charge on any atom is -0.491 e. The lowest BCUT2D eigenvalue weighted by Crippen LogP contribution is -2.44. The molecule has 0 radical (unpaired) electrons. The Morgan fingerprint density at radius 1 is 0.906 bits per heavy atom. The van der Waals surface area contributed by atoms with Gasteiger partial charge in [-0.1, -0.05) is 110 Å². The zero-order valence-electron chi connectivity index (χ0n) is 51.7. The molecule has 464 valence electrons. The number of imidazole rings is 1. The number of amides is 4. The molecule has 1 unspecified atom stereocenters. The van der Waals surface area contributed by atoms with Crippen molar-refractivity contribution >= 4 is 64.5 Å². The first-order chi connectivity index (χ1) is 40.6. The van der Waals surface area contributed by atoms with Crippen LogP contribution in [0.15, 0.2) is 72.8 Å². The van der Waals surface area contributed by atoms with Crippen molar-refractivity contribution in [1.29, 1.82) is 0 Å². The third kappa shape index (κ3) is 18.0. The van der Waals surface area contributed by atoms with Crippen molar-refractivity contribution in [2.24, 2.45) is 28.1 Å². The summed E-state index contributed by atoms with van der Waals surface area (Å²) in [6.07, 6.45) is 9.38. The van der Waals surface area contributed by atoms with Gasteiger partial charge in [-0.25, -0.2) is 4.98 Å². The van der Waals surface area contributed by atoms with Crippen LogP contribution in [0.3, 0.4) is 0 Å². The topological polar surface area (TPSA) is 308 Å². The number of aliphatic hydroxyl groups excluding tert-OH is 1. The lowest BCUT2D eigenvalue weighted by molar-refractivity contribution is -0.215. The Bertz CT molecular complexity index is 3100. The number of fused-ring (bicyclic) bond motifs is 4. The highest BCUT2D eigenvalue weighted by molar-refractivity contribution is 6.03. The molecule has 0 saturated carbocycles. The second-order valence-corrected chi connectivity index (χ2v) is 23.1. The number of nitrogens with zero attached hydrogens (tertiary/aromatic N) is 9. The summed E-state index contributed by atoms with van der Waals surface area (Å²) in [6.45, 7) is 23.6. The first-order valence-corrected chi connectivity index (χ1v) is 29.2. The van der Waals surface area contributed by atoms with Gasteiger partial charge in [0, 0.05) is 61.3 Å². The predicted molar refractivity (Wildman–Crippen MR) is 331 cm³/mol. The van der Waals surface area contributed by atoms with Gasteiger partial charge in [-0.05, 0) is 88.3 Å². The zero-order valence-corrected chi connectivity index (χ0v) is 51.7. The SMILES string of the molecule is CC.CC(C)(C)CC(C)(C)C(=O)N1Cc2ccccc2/C(NN)=C(/N)c2ccccc21.CC/C=C/Cn1c(NC=O)nc2cc(C(N)=O)cc(OCCCN3CCC(c4nnc5n4CCN(C(=O)CC(C)(O)OCN(C)CC=O)C5)CC3)c21.CO. The van der Waals surface area contributed by atoms with Crippen molar-refractivity contribution < 1.29 is 43.7 Å². The number of aromatic nitrogens is 5. The highest BCUT2D eigenvalue weighted by Gasteiger charge is 2.39. The molecule has 0 aliphatic carbocycles. The zero-order chi connectivity index (χ0) is 62.6. The van der Waals surface area contributed by atoms with Crippen molar-refractivity contribution in [3.63, 3.8) is 0 Å². The van der Waals surface area contributed by atoms with Gasteiger partial charge in [0.1, 0.15) is 30.1 Å². The quantitative estimate of drug-likeness (QED) is 0.00994. The fourth-order valence-corrected chi connectivity index (χ4v) is 11.1. The van der Waals surface area contributed by atoms with Crippen molar-refractivity contribution in [1.82, 2.24) is 44.4 Å². The van der Waals surface area contributed by atoms with Crippen LogP contribution >= 0.6 is 0 Å². The molecule has 2 aromatic heterocycles. The van der Waals surface area contributed by atoms with E-state index in [-0.39, 0.29) is 48.4 Å². The number of carbonyl (C=O) groups excluding carboxylic acids is 5. The number of likely N-dealkylation sites (tertiary alicyclic amines) is 1. The Hall–Kier alpha value is -7.54.